The molecule has 0 aliphatic heterocycles. The number of nitrogens with zero attached hydrogens (tertiary/aromatic N) is 1. The van der Waals surface area contributed by atoms with E-state index in [0.717, 1.165) is 6.54 Å². The molecular formula is C15H22N2. The van der Waals surface area contributed by atoms with Gasteiger partial charge in [0.2, 0.25) is 0 Å². The lowest BCUT2D eigenvalue weighted by Crippen LogP contribution is -2.23. The van der Waals surface area contributed by atoms with Crippen LogP contribution in [-0.2, 0) is 0 Å². The van der Waals surface area contributed by atoms with E-state index in [1.165, 1.54) is 11.1 Å². The number of benzene rings is 1. The Bertz CT molecular complexity index is 373. The highest BCUT2D eigenvalue weighted by Crippen LogP contribution is 2.18. The average molecular weight is 230 g/mol. The zero-order chi connectivity index (χ0) is 12.8. The minimum Gasteiger partial charge on any atom is -0.309 e. The van der Waals surface area contributed by atoms with Crippen molar-refractivity contribution in [3.63, 3.8) is 0 Å². The summed E-state index contributed by atoms with van der Waals surface area (Å²) in [5, 5.41) is 12.1. The van der Waals surface area contributed by atoms with E-state index in [0.29, 0.717) is 12.0 Å². The van der Waals surface area contributed by atoms with Gasteiger partial charge in [-0.3, -0.25) is 0 Å². The fraction of sp³-hybridized carbons (Fsp3) is 0.533. The third-order valence-corrected chi connectivity index (χ3v) is 3.05. The molecule has 0 fully saturated rings. The number of rotatable bonds is 5. The van der Waals surface area contributed by atoms with Crippen LogP contribution in [-0.4, -0.2) is 6.54 Å². The van der Waals surface area contributed by atoms with Crippen molar-refractivity contribution in [1.82, 2.24) is 5.32 Å². The number of nitriles is 1. The van der Waals surface area contributed by atoms with Gasteiger partial charge in [0.15, 0.2) is 0 Å². The predicted molar refractivity (Wildman–Crippen MR) is 71.7 cm³/mol. The van der Waals surface area contributed by atoms with E-state index in [9.17, 15) is 0 Å². The Kier molecular flexibility index (Phi) is 5.18. The molecule has 2 nitrogen and oxygen atoms in total. The summed E-state index contributed by atoms with van der Waals surface area (Å²) in [6.07, 6.45) is 0. The summed E-state index contributed by atoms with van der Waals surface area (Å²) >= 11 is 0. The largest absolute Gasteiger partial charge is 0.309 e. The van der Waals surface area contributed by atoms with Gasteiger partial charge in [-0.2, -0.15) is 5.26 Å². The second-order valence-corrected chi connectivity index (χ2v) is 4.98. The van der Waals surface area contributed by atoms with Gasteiger partial charge in [0.25, 0.3) is 0 Å². The molecule has 0 aromatic heterocycles. The fourth-order valence-electron chi connectivity index (χ4n) is 1.69. The Morgan fingerprint density at radius 2 is 1.59 bits per heavy atom. The van der Waals surface area contributed by atoms with Gasteiger partial charge in [-0.25, -0.2) is 0 Å². The number of nitrogens with one attached hydrogen (secondary N) is 1. The van der Waals surface area contributed by atoms with Gasteiger partial charge in [-0.05, 0) is 30.9 Å². The first-order chi connectivity index (χ1) is 8.04. The minimum atomic E-state index is 0.0624. The Hall–Kier alpha value is -1.33. The quantitative estimate of drug-likeness (QED) is 0.838. The van der Waals surface area contributed by atoms with Crippen molar-refractivity contribution in [1.29, 1.82) is 5.26 Å². The molecular weight excluding hydrogens is 208 g/mol. The molecule has 1 N–H and O–H groups in total. The first-order valence-electron chi connectivity index (χ1n) is 6.27. The second-order valence-electron chi connectivity index (χ2n) is 4.98. The van der Waals surface area contributed by atoms with Crippen LogP contribution in [0.1, 0.15) is 50.8 Å². The van der Waals surface area contributed by atoms with Gasteiger partial charge in [0.1, 0.15) is 0 Å². The minimum absolute atomic E-state index is 0.0624. The molecule has 1 aromatic rings. The molecule has 17 heavy (non-hydrogen) atoms. The van der Waals surface area contributed by atoms with Crippen LogP contribution < -0.4 is 5.32 Å². The summed E-state index contributed by atoms with van der Waals surface area (Å²) in [5.41, 5.74) is 2.64. The van der Waals surface area contributed by atoms with Crippen molar-refractivity contribution >= 4 is 0 Å². The molecule has 0 spiro atoms. The summed E-state index contributed by atoms with van der Waals surface area (Å²) < 4.78 is 0. The highest BCUT2D eigenvalue weighted by atomic mass is 14.9. The maximum absolute atomic E-state index is 8.73. The van der Waals surface area contributed by atoms with Gasteiger partial charge >= 0.3 is 0 Å². The highest BCUT2D eigenvalue weighted by molar-refractivity contribution is 5.26. The van der Waals surface area contributed by atoms with Gasteiger partial charge in [0.05, 0.1) is 12.0 Å². The number of hydrogen-bond acceptors (Lipinski definition) is 2. The Labute approximate surface area is 105 Å². The average Bonchev–Trinajstić information content (AvgIpc) is 2.35. The van der Waals surface area contributed by atoms with Crippen molar-refractivity contribution in [2.75, 3.05) is 6.54 Å². The van der Waals surface area contributed by atoms with Crippen molar-refractivity contribution < 1.29 is 0 Å². The number of hydrogen-bond donors (Lipinski definition) is 1. The molecule has 2 atom stereocenters. The van der Waals surface area contributed by atoms with E-state index in [2.05, 4.69) is 56.4 Å². The zero-order valence-electron chi connectivity index (χ0n) is 11.2. The van der Waals surface area contributed by atoms with Crippen molar-refractivity contribution in [2.24, 2.45) is 5.92 Å². The summed E-state index contributed by atoms with van der Waals surface area (Å²) in [4.78, 5) is 0. The first-order valence-corrected chi connectivity index (χ1v) is 6.27. The van der Waals surface area contributed by atoms with E-state index in [4.69, 9.17) is 5.26 Å². The van der Waals surface area contributed by atoms with Crippen LogP contribution in [0.3, 0.4) is 0 Å². The molecule has 0 heterocycles. The maximum atomic E-state index is 8.73. The van der Waals surface area contributed by atoms with Gasteiger partial charge in [0, 0.05) is 12.6 Å². The standard InChI is InChI=1S/C15H22N2/c1-11(2)14-5-7-15(8-6-14)13(4)17-10-12(3)9-16/h5-8,11-13,17H,10H2,1-4H3/t12-,13-/m1/s1. The fourth-order valence-corrected chi connectivity index (χ4v) is 1.69. The third kappa shape index (κ3) is 4.20. The van der Waals surface area contributed by atoms with E-state index < -0.39 is 0 Å². The molecule has 0 radical (unpaired) electrons. The Morgan fingerprint density at radius 3 is 2.06 bits per heavy atom. The maximum Gasteiger partial charge on any atom is 0.0666 e. The van der Waals surface area contributed by atoms with Gasteiger partial charge in [-0.15, -0.1) is 0 Å². The summed E-state index contributed by atoms with van der Waals surface area (Å²) in [6.45, 7) is 9.20. The van der Waals surface area contributed by atoms with Crippen molar-refractivity contribution in [3.05, 3.63) is 35.4 Å². The van der Waals surface area contributed by atoms with Crippen LogP contribution in [0, 0.1) is 17.2 Å². The summed E-state index contributed by atoms with van der Waals surface area (Å²) in [7, 11) is 0. The van der Waals surface area contributed by atoms with Crippen LogP contribution in [0.4, 0.5) is 0 Å². The van der Waals surface area contributed by atoms with Crippen LogP contribution in [0.2, 0.25) is 0 Å². The van der Waals surface area contributed by atoms with E-state index in [-0.39, 0.29) is 5.92 Å². The second kappa shape index (κ2) is 6.42. The Morgan fingerprint density at radius 1 is 1.06 bits per heavy atom. The zero-order valence-corrected chi connectivity index (χ0v) is 11.2. The predicted octanol–water partition coefficient (Wildman–Crippen LogP) is 3.62. The van der Waals surface area contributed by atoms with Crippen LogP contribution in [0.25, 0.3) is 0 Å². The Balaban J connectivity index is 2.58. The van der Waals surface area contributed by atoms with Crippen molar-refractivity contribution in [3.8, 4) is 6.07 Å². The lowest BCUT2D eigenvalue weighted by atomic mass is 9.99. The highest BCUT2D eigenvalue weighted by Gasteiger charge is 2.07. The molecule has 0 saturated carbocycles. The molecule has 2 heteroatoms. The molecule has 0 aliphatic rings. The van der Waals surface area contributed by atoms with Crippen molar-refractivity contribution in [2.45, 2.75) is 39.7 Å². The SMILES string of the molecule is CC(C)c1ccc([C@@H](C)NC[C@H](C)C#N)cc1. The molecule has 0 aliphatic carbocycles. The lowest BCUT2D eigenvalue weighted by molar-refractivity contribution is 0.527. The third-order valence-electron chi connectivity index (χ3n) is 3.05. The molecule has 0 bridgehead atoms. The van der Waals surface area contributed by atoms with E-state index in [1.54, 1.807) is 0 Å². The molecule has 92 valence electrons. The molecule has 0 saturated heterocycles. The van der Waals surface area contributed by atoms with E-state index >= 15 is 0 Å². The lowest BCUT2D eigenvalue weighted by Gasteiger charge is -2.16. The van der Waals surface area contributed by atoms with E-state index in [1.807, 2.05) is 6.92 Å². The molecule has 0 amide bonds. The molecule has 1 aromatic carbocycles. The summed E-state index contributed by atoms with van der Waals surface area (Å²) in [6, 6.07) is 11.2. The normalized spacial score (nSPS) is 14.4. The van der Waals surface area contributed by atoms with Crippen LogP contribution in [0.5, 0.6) is 0 Å². The first kappa shape index (κ1) is 13.7. The van der Waals surface area contributed by atoms with Gasteiger partial charge < -0.3 is 5.32 Å². The van der Waals surface area contributed by atoms with Crippen LogP contribution >= 0.6 is 0 Å². The molecule has 0 unspecified atom stereocenters. The molecule has 1 rings (SSSR count). The monoisotopic (exact) mass is 230 g/mol. The van der Waals surface area contributed by atoms with Gasteiger partial charge in [-0.1, -0.05) is 38.1 Å². The topological polar surface area (TPSA) is 35.8 Å². The summed E-state index contributed by atoms with van der Waals surface area (Å²) in [5.74, 6) is 0.637. The smallest absolute Gasteiger partial charge is 0.0666 e. The van der Waals surface area contributed by atoms with Crippen LogP contribution in [0.15, 0.2) is 24.3 Å².